The number of hydrogen-bond acceptors (Lipinski definition) is 3. The van der Waals surface area contributed by atoms with Gasteiger partial charge in [-0.05, 0) is 11.6 Å². The minimum Gasteiger partial charge on any atom is -0.396 e. The molecule has 0 aliphatic carbocycles. The zero-order valence-electron chi connectivity index (χ0n) is 11.2. The van der Waals surface area contributed by atoms with Gasteiger partial charge in [0.1, 0.15) is 0 Å². The summed E-state index contributed by atoms with van der Waals surface area (Å²) in [6, 6.07) is 5.51. The molecule has 2 rings (SSSR count). The molecule has 20 heavy (non-hydrogen) atoms. The van der Waals surface area contributed by atoms with E-state index in [2.05, 4.69) is 10.2 Å². The molecule has 1 aromatic carbocycles. The van der Waals surface area contributed by atoms with Crippen LogP contribution in [-0.4, -0.2) is 49.3 Å². The zero-order chi connectivity index (χ0) is 14.6. The molecular weight excluding hydrogens is 269 g/mol. The molecule has 6 heteroatoms. The van der Waals surface area contributed by atoms with Gasteiger partial charge in [-0.2, -0.15) is 13.2 Å². The maximum Gasteiger partial charge on any atom is 0.416 e. The largest absolute Gasteiger partial charge is 0.416 e. The van der Waals surface area contributed by atoms with Crippen molar-refractivity contribution in [3.05, 3.63) is 35.4 Å². The van der Waals surface area contributed by atoms with Gasteiger partial charge in [0, 0.05) is 38.6 Å². The molecule has 2 N–H and O–H groups in total. The highest BCUT2D eigenvalue weighted by Crippen LogP contribution is 2.35. The highest BCUT2D eigenvalue weighted by atomic mass is 19.4. The maximum atomic E-state index is 13.0. The van der Waals surface area contributed by atoms with Gasteiger partial charge in [0.2, 0.25) is 0 Å². The Hall–Kier alpha value is -1.11. The predicted molar refractivity (Wildman–Crippen MR) is 70.6 cm³/mol. The van der Waals surface area contributed by atoms with E-state index in [0.29, 0.717) is 6.54 Å². The lowest BCUT2D eigenvalue weighted by Gasteiger charge is -2.31. The highest BCUT2D eigenvalue weighted by Gasteiger charge is 2.35. The van der Waals surface area contributed by atoms with Crippen LogP contribution in [0.5, 0.6) is 0 Å². The Morgan fingerprint density at radius 2 is 1.85 bits per heavy atom. The van der Waals surface area contributed by atoms with E-state index >= 15 is 0 Å². The number of nitrogens with one attached hydrogen (secondary N) is 1. The van der Waals surface area contributed by atoms with Crippen LogP contribution in [0.4, 0.5) is 13.2 Å². The topological polar surface area (TPSA) is 35.5 Å². The maximum absolute atomic E-state index is 13.0. The SMILES string of the molecule is OCC(CN1CCNCC1)c1ccccc1C(F)(F)F. The van der Waals surface area contributed by atoms with E-state index in [0.717, 1.165) is 32.2 Å². The summed E-state index contributed by atoms with van der Waals surface area (Å²) in [5, 5.41) is 12.7. The molecule has 0 bridgehead atoms. The second-order valence-corrected chi connectivity index (χ2v) is 5.02. The first kappa shape index (κ1) is 15.3. The van der Waals surface area contributed by atoms with Crippen molar-refractivity contribution in [2.75, 3.05) is 39.3 Å². The smallest absolute Gasteiger partial charge is 0.396 e. The molecule has 3 nitrogen and oxygen atoms in total. The number of aliphatic hydroxyl groups excluding tert-OH is 1. The van der Waals surface area contributed by atoms with Crippen molar-refractivity contribution in [2.45, 2.75) is 12.1 Å². The molecular formula is C14H19F3N2O. The number of rotatable bonds is 4. The molecule has 1 atom stereocenters. The zero-order valence-corrected chi connectivity index (χ0v) is 11.2. The lowest BCUT2D eigenvalue weighted by molar-refractivity contribution is -0.138. The number of aliphatic hydroxyl groups is 1. The number of benzene rings is 1. The molecule has 1 fully saturated rings. The van der Waals surface area contributed by atoms with Crippen molar-refractivity contribution in [3.8, 4) is 0 Å². The Labute approximate surface area is 116 Å². The predicted octanol–water partition coefficient (Wildman–Crippen LogP) is 1.69. The molecule has 1 aliphatic rings. The Kier molecular flexibility index (Phi) is 5.01. The third-order valence-corrected chi connectivity index (χ3v) is 3.61. The minimum absolute atomic E-state index is 0.182. The van der Waals surface area contributed by atoms with Gasteiger partial charge in [0.25, 0.3) is 0 Å². The van der Waals surface area contributed by atoms with Crippen molar-refractivity contribution < 1.29 is 18.3 Å². The third kappa shape index (κ3) is 3.71. The number of nitrogens with zero attached hydrogens (tertiary/aromatic N) is 1. The average Bonchev–Trinajstić information content (AvgIpc) is 2.45. The molecule has 0 radical (unpaired) electrons. The lowest BCUT2D eigenvalue weighted by Crippen LogP contribution is -2.45. The summed E-state index contributed by atoms with van der Waals surface area (Å²) in [6.45, 7) is 3.43. The molecule has 1 aliphatic heterocycles. The average molecular weight is 288 g/mol. The fourth-order valence-electron chi connectivity index (χ4n) is 2.57. The molecule has 1 heterocycles. The summed E-state index contributed by atoms with van der Waals surface area (Å²) in [7, 11) is 0. The molecule has 0 amide bonds. The van der Waals surface area contributed by atoms with Gasteiger partial charge in [-0.15, -0.1) is 0 Å². The molecule has 112 valence electrons. The number of piperazine rings is 1. The molecule has 0 saturated carbocycles. The van der Waals surface area contributed by atoms with Crippen molar-refractivity contribution >= 4 is 0 Å². The summed E-state index contributed by atoms with van der Waals surface area (Å²) >= 11 is 0. The molecule has 0 aromatic heterocycles. The van der Waals surface area contributed by atoms with Crippen molar-refractivity contribution in [1.29, 1.82) is 0 Å². The normalized spacial score (nSPS) is 19.0. The van der Waals surface area contributed by atoms with Gasteiger partial charge in [0.05, 0.1) is 12.2 Å². The fourth-order valence-corrected chi connectivity index (χ4v) is 2.57. The van der Waals surface area contributed by atoms with Crippen LogP contribution in [0.3, 0.4) is 0 Å². The van der Waals surface area contributed by atoms with E-state index in [4.69, 9.17) is 0 Å². The van der Waals surface area contributed by atoms with Crippen LogP contribution in [0.1, 0.15) is 17.0 Å². The van der Waals surface area contributed by atoms with Crippen LogP contribution in [-0.2, 0) is 6.18 Å². The highest BCUT2D eigenvalue weighted by molar-refractivity contribution is 5.33. The number of halogens is 3. The van der Waals surface area contributed by atoms with E-state index in [1.54, 1.807) is 6.07 Å². The minimum atomic E-state index is -4.38. The summed E-state index contributed by atoms with van der Waals surface area (Å²) < 4.78 is 39.1. The van der Waals surface area contributed by atoms with Gasteiger partial charge in [-0.1, -0.05) is 18.2 Å². The Morgan fingerprint density at radius 3 is 2.45 bits per heavy atom. The lowest BCUT2D eigenvalue weighted by atomic mass is 9.93. The van der Waals surface area contributed by atoms with Gasteiger partial charge in [0.15, 0.2) is 0 Å². The van der Waals surface area contributed by atoms with Crippen LogP contribution in [0.25, 0.3) is 0 Å². The molecule has 1 saturated heterocycles. The number of alkyl halides is 3. The van der Waals surface area contributed by atoms with E-state index in [-0.39, 0.29) is 12.2 Å². The molecule has 0 spiro atoms. The summed E-state index contributed by atoms with van der Waals surface area (Å²) in [5.41, 5.74) is -0.463. The van der Waals surface area contributed by atoms with Crippen LogP contribution < -0.4 is 5.32 Å². The Morgan fingerprint density at radius 1 is 1.20 bits per heavy atom. The van der Waals surface area contributed by atoms with Crippen molar-refractivity contribution in [3.63, 3.8) is 0 Å². The van der Waals surface area contributed by atoms with Crippen LogP contribution in [0.15, 0.2) is 24.3 Å². The first-order valence-corrected chi connectivity index (χ1v) is 6.72. The second-order valence-electron chi connectivity index (χ2n) is 5.02. The van der Waals surface area contributed by atoms with Crippen molar-refractivity contribution in [2.24, 2.45) is 0 Å². The van der Waals surface area contributed by atoms with E-state index < -0.39 is 17.7 Å². The Bertz CT molecular complexity index is 431. The summed E-state index contributed by atoms with van der Waals surface area (Å²) in [5.74, 6) is -0.508. The molecule has 1 aromatic rings. The van der Waals surface area contributed by atoms with E-state index in [1.165, 1.54) is 12.1 Å². The Balaban J connectivity index is 2.18. The van der Waals surface area contributed by atoms with Gasteiger partial charge >= 0.3 is 6.18 Å². The standard InChI is InChI=1S/C14H19F3N2O/c15-14(16,17)13-4-2-1-3-12(13)11(10-20)9-19-7-5-18-6-8-19/h1-4,11,18,20H,5-10H2. The van der Waals surface area contributed by atoms with Crippen molar-refractivity contribution in [1.82, 2.24) is 10.2 Å². The van der Waals surface area contributed by atoms with E-state index in [1.807, 2.05) is 0 Å². The number of hydrogen-bond donors (Lipinski definition) is 2. The van der Waals surface area contributed by atoms with Crippen LogP contribution in [0.2, 0.25) is 0 Å². The quantitative estimate of drug-likeness (QED) is 0.885. The monoisotopic (exact) mass is 288 g/mol. The summed E-state index contributed by atoms with van der Waals surface area (Å²) in [4.78, 5) is 2.09. The van der Waals surface area contributed by atoms with Gasteiger partial charge in [-0.3, -0.25) is 0 Å². The van der Waals surface area contributed by atoms with Gasteiger partial charge < -0.3 is 15.3 Å². The summed E-state index contributed by atoms with van der Waals surface area (Å²) in [6.07, 6.45) is -4.38. The fraction of sp³-hybridized carbons (Fsp3) is 0.571. The van der Waals surface area contributed by atoms with Crippen LogP contribution in [0, 0.1) is 0 Å². The third-order valence-electron chi connectivity index (χ3n) is 3.61. The van der Waals surface area contributed by atoms with Gasteiger partial charge in [-0.25, -0.2) is 0 Å². The molecule has 1 unspecified atom stereocenters. The van der Waals surface area contributed by atoms with E-state index in [9.17, 15) is 18.3 Å². The van der Waals surface area contributed by atoms with Crippen LogP contribution >= 0.6 is 0 Å². The first-order valence-electron chi connectivity index (χ1n) is 6.72. The first-order chi connectivity index (χ1) is 9.52. The second kappa shape index (κ2) is 6.56.